The Balaban J connectivity index is 2.49. The van der Waals surface area contributed by atoms with Crippen molar-refractivity contribution in [2.75, 3.05) is 19.7 Å². The van der Waals surface area contributed by atoms with Crippen molar-refractivity contribution < 1.29 is 9.90 Å². The first-order chi connectivity index (χ1) is 6.27. The van der Waals surface area contributed by atoms with E-state index in [1.54, 1.807) is 11.8 Å². The topological polar surface area (TPSA) is 40.5 Å². The second-order valence-corrected chi connectivity index (χ2v) is 3.32. The molecule has 72 valence electrons. The second kappa shape index (κ2) is 4.88. The smallest absolute Gasteiger partial charge is 0.298 e. The summed E-state index contributed by atoms with van der Waals surface area (Å²) in [6.07, 6.45) is 1.99. The molecule has 1 amide bonds. The van der Waals surface area contributed by atoms with Gasteiger partial charge in [0.05, 0.1) is 0 Å². The second-order valence-electron chi connectivity index (χ2n) is 3.32. The van der Waals surface area contributed by atoms with E-state index in [1.165, 1.54) is 0 Å². The summed E-state index contributed by atoms with van der Waals surface area (Å²) >= 11 is 0. The summed E-state index contributed by atoms with van der Waals surface area (Å²) in [6.45, 7) is 3.27. The van der Waals surface area contributed by atoms with Gasteiger partial charge in [0.15, 0.2) is 0 Å². The van der Waals surface area contributed by atoms with Gasteiger partial charge in [-0.1, -0.05) is 5.92 Å². The third-order valence-corrected chi connectivity index (χ3v) is 2.30. The lowest BCUT2D eigenvalue weighted by Crippen LogP contribution is -2.40. The van der Waals surface area contributed by atoms with E-state index in [0.717, 1.165) is 19.4 Å². The van der Waals surface area contributed by atoms with Crippen LogP contribution in [-0.2, 0) is 4.79 Å². The third-order valence-electron chi connectivity index (χ3n) is 2.30. The van der Waals surface area contributed by atoms with Crippen LogP contribution in [0.15, 0.2) is 0 Å². The van der Waals surface area contributed by atoms with Crippen LogP contribution in [-0.4, -0.2) is 35.6 Å². The Labute approximate surface area is 78.7 Å². The zero-order valence-corrected chi connectivity index (χ0v) is 7.92. The molecule has 0 aromatic heterocycles. The molecule has 1 aliphatic heterocycles. The zero-order valence-electron chi connectivity index (χ0n) is 7.92. The van der Waals surface area contributed by atoms with E-state index in [4.69, 9.17) is 5.11 Å². The molecular formula is C10H15NO2. The number of carbonyl (C=O) groups excluding carboxylic acids is 1. The molecular weight excluding hydrogens is 166 g/mol. The molecule has 1 N–H and O–H groups in total. The number of hydrogen-bond donors (Lipinski definition) is 1. The van der Waals surface area contributed by atoms with Crippen LogP contribution in [0.2, 0.25) is 0 Å². The van der Waals surface area contributed by atoms with Crippen LogP contribution in [0.4, 0.5) is 0 Å². The minimum atomic E-state index is -0.111. The molecule has 1 aliphatic rings. The van der Waals surface area contributed by atoms with Crippen molar-refractivity contribution >= 4 is 5.91 Å². The summed E-state index contributed by atoms with van der Waals surface area (Å²) in [5.41, 5.74) is 0. The monoisotopic (exact) mass is 181 g/mol. The molecule has 0 bridgehead atoms. The van der Waals surface area contributed by atoms with Crippen LogP contribution < -0.4 is 0 Å². The highest BCUT2D eigenvalue weighted by molar-refractivity contribution is 5.93. The number of aliphatic hydroxyl groups excluding tert-OH is 1. The van der Waals surface area contributed by atoms with Crippen molar-refractivity contribution in [3.63, 3.8) is 0 Å². The summed E-state index contributed by atoms with van der Waals surface area (Å²) in [6, 6.07) is 0. The Morgan fingerprint density at radius 3 is 3.08 bits per heavy atom. The van der Waals surface area contributed by atoms with Gasteiger partial charge < -0.3 is 10.0 Å². The van der Waals surface area contributed by atoms with Crippen LogP contribution in [0.1, 0.15) is 19.8 Å². The summed E-state index contributed by atoms with van der Waals surface area (Å²) in [4.78, 5) is 13.1. The van der Waals surface area contributed by atoms with Crippen molar-refractivity contribution in [2.24, 2.45) is 5.92 Å². The summed E-state index contributed by atoms with van der Waals surface area (Å²) < 4.78 is 0. The highest BCUT2D eigenvalue weighted by Crippen LogP contribution is 2.15. The molecule has 3 heteroatoms. The van der Waals surface area contributed by atoms with Crippen molar-refractivity contribution in [3.8, 4) is 11.8 Å². The first-order valence-corrected chi connectivity index (χ1v) is 4.60. The molecule has 0 spiro atoms. The molecule has 0 radical (unpaired) electrons. The summed E-state index contributed by atoms with van der Waals surface area (Å²) in [7, 11) is 0. The number of amides is 1. The van der Waals surface area contributed by atoms with Gasteiger partial charge in [0, 0.05) is 19.7 Å². The van der Waals surface area contributed by atoms with E-state index >= 15 is 0 Å². The normalized spacial score (nSPS) is 22.0. The Hall–Kier alpha value is -1.01. The lowest BCUT2D eigenvalue weighted by molar-refractivity contribution is -0.127. The van der Waals surface area contributed by atoms with Gasteiger partial charge in [-0.25, -0.2) is 0 Å². The molecule has 1 saturated heterocycles. The number of aliphatic hydroxyl groups is 1. The van der Waals surface area contributed by atoms with E-state index in [2.05, 4.69) is 11.8 Å². The predicted octanol–water partition coefficient (Wildman–Crippen LogP) is 0.241. The first kappa shape index (κ1) is 10.1. The molecule has 1 fully saturated rings. The van der Waals surface area contributed by atoms with Gasteiger partial charge in [-0.15, -0.1) is 0 Å². The van der Waals surface area contributed by atoms with Crippen molar-refractivity contribution in [2.45, 2.75) is 19.8 Å². The maximum Gasteiger partial charge on any atom is 0.298 e. The highest BCUT2D eigenvalue weighted by Gasteiger charge is 2.21. The van der Waals surface area contributed by atoms with Gasteiger partial charge in [0.1, 0.15) is 0 Å². The number of likely N-dealkylation sites (tertiary alicyclic amines) is 1. The van der Waals surface area contributed by atoms with Gasteiger partial charge in [-0.05, 0) is 31.6 Å². The first-order valence-electron chi connectivity index (χ1n) is 4.60. The van der Waals surface area contributed by atoms with Crippen LogP contribution in [0.25, 0.3) is 0 Å². The van der Waals surface area contributed by atoms with Crippen LogP contribution >= 0.6 is 0 Å². The van der Waals surface area contributed by atoms with E-state index < -0.39 is 0 Å². The van der Waals surface area contributed by atoms with Crippen molar-refractivity contribution in [1.82, 2.24) is 4.90 Å². The molecule has 1 rings (SSSR count). The zero-order chi connectivity index (χ0) is 9.68. The van der Waals surface area contributed by atoms with E-state index in [9.17, 15) is 4.79 Å². The van der Waals surface area contributed by atoms with E-state index in [0.29, 0.717) is 6.54 Å². The maximum absolute atomic E-state index is 11.3. The quantitative estimate of drug-likeness (QED) is 0.589. The molecule has 1 unspecified atom stereocenters. The van der Waals surface area contributed by atoms with Gasteiger partial charge in [-0.2, -0.15) is 0 Å². The Bertz CT molecular complexity index is 239. The fraction of sp³-hybridized carbons (Fsp3) is 0.700. The predicted molar refractivity (Wildman–Crippen MR) is 49.8 cm³/mol. The number of nitrogens with zero attached hydrogens (tertiary/aromatic N) is 1. The summed E-state index contributed by atoms with van der Waals surface area (Å²) in [5.74, 6) is 5.25. The molecule has 1 heterocycles. The van der Waals surface area contributed by atoms with E-state index in [1.807, 2.05) is 0 Å². The fourth-order valence-electron chi connectivity index (χ4n) is 1.58. The average molecular weight is 181 g/mol. The van der Waals surface area contributed by atoms with Gasteiger partial charge in [-0.3, -0.25) is 4.79 Å². The number of rotatable bonds is 1. The lowest BCUT2D eigenvalue weighted by Gasteiger charge is -2.30. The molecule has 0 aromatic rings. The molecule has 0 aliphatic carbocycles. The average Bonchev–Trinajstić information content (AvgIpc) is 2.18. The SMILES string of the molecule is CC#CC(=O)N1CCCC(CO)C1. The molecule has 0 aromatic carbocycles. The van der Waals surface area contributed by atoms with Gasteiger partial charge in [0.2, 0.25) is 0 Å². The Morgan fingerprint density at radius 1 is 1.69 bits per heavy atom. The fourth-order valence-corrected chi connectivity index (χ4v) is 1.58. The highest BCUT2D eigenvalue weighted by atomic mass is 16.3. The molecule has 1 atom stereocenters. The number of hydrogen-bond acceptors (Lipinski definition) is 2. The maximum atomic E-state index is 11.3. The van der Waals surface area contributed by atoms with Crippen LogP contribution in [0, 0.1) is 17.8 Å². The van der Waals surface area contributed by atoms with Crippen molar-refractivity contribution in [1.29, 1.82) is 0 Å². The molecule has 0 saturated carbocycles. The largest absolute Gasteiger partial charge is 0.396 e. The standard InChI is InChI=1S/C10H15NO2/c1-2-4-10(13)11-6-3-5-9(7-11)8-12/h9,12H,3,5-8H2,1H3. The number of piperidine rings is 1. The Morgan fingerprint density at radius 2 is 2.46 bits per heavy atom. The Kier molecular flexibility index (Phi) is 3.78. The summed E-state index contributed by atoms with van der Waals surface area (Å²) in [5, 5.41) is 8.95. The van der Waals surface area contributed by atoms with Gasteiger partial charge >= 0.3 is 0 Å². The third kappa shape index (κ3) is 2.74. The van der Waals surface area contributed by atoms with Gasteiger partial charge in [0.25, 0.3) is 5.91 Å². The van der Waals surface area contributed by atoms with E-state index in [-0.39, 0.29) is 18.4 Å². The number of carbonyl (C=O) groups is 1. The minimum absolute atomic E-state index is 0.111. The van der Waals surface area contributed by atoms with Crippen LogP contribution in [0.3, 0.4) is 0 Å². The molecule has 13 heavy (non-hydrogen) atoms. The molecule has 3 nitrogen and oxygen atoms in total. The van der Waals surface area contributed by atoms with Crippen LogP contribution in [0.5, 0.6) is 0 Å². The van der Waals surface area contributed by atoms with Crippen molar-refractivity contribution in [3.05, 3.63) is 0 Å². The minimum Gasteiger partial charge on any atom is -0.396 e. The lowest BCUT2D eigenvalue weighted by atomic mass is 9.99.